The standard InChI is InChI=1S/C20H26N8O.C9H7NO2S/c1-13-3-4-15(21)10-17(13)24-19-11-16(12-27-5-7-29-8-6-27)26-28(19)18-9-14(2)23-20(22)25-18;1-5-10-7-4-6(9(11)12)2-3-8(7)13-5/h3-4,9-11,24H,5-8,12,21H2,1-2H3,(H2,22,23,25);2-4H,1H3,(H,11,12). The van der Waals surface area contributed by atoms with Crippen LogP contribution in [0.2, 0.25) is 0 Å². The first-order chi connectivity index (χ1) is 20.1. The summed E-state index contributed by atoms with van der Waals surface area (Å²) in [5, 5.41) is 17.9. The van der Waals surface area contributed by atoms with Crippen molar-refractivity contribution in [2.75, 3.05) is 43.1 Å². The Bertz CT molecular complexity index is 1710. The molecular formula is C29H33N9O3S. The summed E-state index contributed by atoms with van der Waals surface area (Å²) in [6.45, 7) is 9.84. The third kappa shape index (κ3) is 7.00. The van der Waals surface area contributed by atoms with Crippen LogP contribution in [0.5, 0.6) is 0 Å². The number of thiazole rings is 1. The van der Waals surface area contributed by atoms with Gasteiger partial charge in [-0.1, -0.05) is 6.07 Å². The van der Waals surface area contributed by atoms with Crippen LogP contribution in [0.4, 0.5) is 23.1 Å². The minimum Gasteiger partial charge on any atom is -0.478 e. The summed E-state index contributed by atoms with van der Waals surface area (Å²) < 4.78 is 8.24. The van der Waals surface area contributed by atoms with E-state index < -0.39 is 5.97 Å². The summed E-state index contributed by atoms with van der Waals surface area (Å²) in [5.74, 6) is 0.718. The second-order valence-corrected chi connectivity index (χ2v) is 11.2. The van der Waals surface area contributed by atoms with E-state index in [0.29, 0.717) is 11.5 Å². The number of ether oxygens (including phenoxy) is 1. The van der Waals surface area contributed by atoms with Crippen molar-refractivity contribution >= 4 is 50.7 Å². The number of hydrogen-bond acceptors (Lipinski definition) is 11. The van der Waals surface area contributed by atoms with Gasteiger partial charge in [0, 0.05) is 48.8 Å². The Kier molecular flexibility index (Phi) is 8.61. The number of carbonyl (C=O) groups is 1. The second kappa shape index (κ2) is 12.5. The number of aryl methyl sites for hydroxylation is 3. The predicted octanol–water partition coefficient (Wildman–Crippen LogP) is 4.32. The Morgan fingerprint density at radius 1 is 1.02 bits per heavy atom. The zero-order valence-electron chi connectivity index (χ0n) is 23.7. The first-order valence-corrected chi connectivity index (χ1v) is 14.2. The Morgan fingerprint density at radius 2 is 1.81 bits per heavy atom. The number of carboxylic acid groups (broad SMARTS) is 1. The van der Waals surface area contributed by atoms with Gasteiger partial charge < -0.3 is 26.6 Å². The van der Waals surface area contributed by atoms with E-state index in [9.17, 15) is 4.79 Å². The number of fused-ring (bicyclic) bond motifs is 1. The molecule has 6 rings (SSSR count). The van der Waals surface area contributed by atoms with Crippen LogP contribution in [-0.2, 0) is 11.3 Å². The molecule has 6 N–H and O–H groups in total. The van der Waals surface area contributed by atoms with Gasteiger partial charge in [-0.3, -0.25) is 4.90 Å². The molecule has 0 radical (unpaired) electrons. The smallest absolute Gasteiger partial charge is 0.335 e. The van der Waals surface area contributed by atoms with Gasteiger partial charge in [0.1, 0.15) is 5.82 Å². The van der Waals surface area contributed by atoms with E-state index in [1.807, 2.05) is 51.1 Å². The molecule has 42 heavy (non-hydrogen) atoms. The predicted molar refractivity (Wildman–Crippen MR) is 165 cm³/mol. The maximum absolute atomic E-state index is 10.6. The monoisotopic (exact) mass is 587 g/mol. The van der Waals surface area contributed by atoms with Crippen LogP contribution in [0.3, 0.4) is 0 Å². The van der Waals surface area contributed by atoms with Crippen molar-refractivity contribution < 1.29 is 14.6 Å². The number of morpholine rings is 1. The molecule has 0 saturated carbocycles. The fourth-order valence-electron chi connectivity index (χ4n) is 4.53. The van der Waals surface area contributed by atoms with Gasteiger partial charge in [0.05, 0.1) is 39.7 Å². The van der Waals surface area contributed by atoms with E-state index >= 15 is 0 Å². The van der Waals surface area contributed by atoms with E-state index in [1.165, 1.54) is 0 Å². The number of hydrogen-bond donors (Lipinski definition) is 4. The highest BCUT2D eigenvalue weighted by Crippen LogP contribution is 2.26. The largest absolute Gasteiger partial charge is 0.478 e. The summed E-state index contributed by atoms with van der Waals surface area (Å²) in [4.78, 5) is 25.7. The zero-order chi connectivity index (χ0) is 29.8. The number of aromatic nitrogens is 5. The summed E-state index contributed by atoms with van der Waals surface area (Å²) in [6, 6.07) is 14.7. The van der Waals surface area contributed by atoms with Gasteiger partial charge in [0.25, 0.3) is 0 Å². The van der Waals surface area contributed by atoms with Crippen LogP contribution in [0.25, 0.3) is 16.0 Å². The molecule has 0 aliphatic carbocycles. The SMILES string of the molecule is Cc1cc(-n2nc(CN3CCOCC3)cc2Nc2cc(N)ccc2C)nc(N)n1.Cc1nc2cc(C(=O)O)ccc2s1. The normalized spacial score (nSPS) is 13.5. The van der Waals surface area contributed by atoms with Crippen LogP contribution >= 0.6 is 11.3 Å². The third-order valence-corrected chi connectivity index (χ3v) is 7.54. The molecule has 5 aromatic rings. The molecule has 0 amide bonds. The van der Waals surface area contributed by atoms with E-state index in [2.05, 4.69) is 25.2 Å². The second-order valence-electron chi connectivity index (χ2n) is 9.97. The van der Waals surface area contributed by atoms with E-state index in [0.717, 1.165) is 76.5 Å². The molecule has 12 nitrogen and oxygen atoms in total. The molecule has 1 aliphatic heterocycles. The highest BCUT2D eigenvalue weighted by atomic mass is 32.1. The molecule has 0 bridgehead atoms. The molecule has 1 fully saturated rings. The lowest BCUT2D eigenvalue weighted by molar-refractivity contribution is 0.0336. The highest BCUT2D eigenvalue weighted by molar-refractivity contribution is 7.18. The van der Waals surface area contributed by atoms with Gasteiger partial charge in [-0.25, -0.2) is 14.8 Å². The Balaban J connectivity index is 0.000000226. The summed E-state index contributed by atoms with van der Waals surface area (Å²) in [6.07, 6.45) is 0. The molecule has 0 atom stereocenters. The first-order valence-electron chi connectivity index (χ1n) is 13.4. The van der Waals surface area contributed by atoms with Crippen LogP contribution in [0.15, 0.2) is 48.5 Å². The van der Waals surface area contributed by atoms with Crippen LogP contribution in [0.1, 0.15) is 32.3 Å². The van der Waals surface area contributed by atoms with Gasteiger partial charge in [-0.15, -0.1) is 11.3 Å². The zero-order valence-corrected chi connectivity index (χ0v) is 24.5. The maximum Gasteiger partial charge on any atom is 0.335 e. The average Bonchev–Trinajstić information content (AvgIpc) is 3.52. The average molecular weight is 588 g/mol. The molecule has 0 unspecified atom stereocenters. The van der Waals surface area contributed by atoms with Crippen LogP contribution in [0, 0.1) is 20.8 Å². The fourth-order valence-corrected chi connectivity index (χ4v) is 5.34. The number of nitrogens with two attached hydrogens (primary N) is 2. The molecule has 3 aromatic heterocycles. The van der Waals surface area contributed by atoms with Crippen LogP contribution in [-0.4, -0.2) is 67.0 Å². The number of nitrogens with zero attached hydrogens (tertiary/aromatic N) is 6. The highest BCUT2D eigenvalue weighted by Gasteiger charge is 2.17. The number of carboxylic acids is 1. The van der Waals surface area contributed by atoms with Crippen LogP contribution < -0.4 is 16.8 Å². The number of nitrogens with one attached hydrogen (secondary N) is 1. The van der Waals surface area contributed by atoms with Gasteiger partial charge in [0.15, 0.2) is 5.82 Å². The molecule has 0 spiro atoms. The van der Waals surface area contributed by atoms with Crippen molar-refractivity contribution in [3.8, 4) is 5.82 Å². The van der Waals surface area contributed by atoms with Crippen molar-refractivity contribution in [1.82, 2.24) is 29.6 Å². The minimum atomic E-state index is -0.910. The van der Waals surface area contributed by atoms with Crippen molar-refractivity contribution in [3.05, 3.63) is 76.1 Å². The van der Waals surface area contributed by atoms with Gasteiger partial charge >= 0.3 is 5.97 Å². The molecule has 1 saturated heterocycles. The summed E-state index contributed by atoms with van der Waals surface area (Å²) in [5.41, 5.74) is 17.3. The molecular weight excluding hydrogens is 554 g/mol. The molecule has 4 heterocycles. The van der Waals surface area contributed by atoms with Crippen molar-refractivity contribution in [1.29, 1.82) is 0 Å². The van der Waals surface area contributed by atoms with E-state index in [4.69, 9.17) is 26.4 Å². The number of nitrogen functional groups attached to an aromatic ring is 2. The molecule has 1 aliphatic rings. The number of benzene rings is 2. The van der Waals surface area contributed by atoms with Crippen molar-refractivity contribution in [2.45, 2.75) is 27.3 Å². The summed E-state index contributed by atoms with van der Waals surface area (Å²) >= 11 is 1.57. The summed E-state index contributed by atoms with van der Waals surface area (Å²) in [7, 11) is 0. The quantitative estimate of drug-likeness (QED) is 0.209. The Labute approximate surface area is 247 Å². The van der Waals surface area contributed by atoms with Crippen molar-refractivity contribution in [3.63, 3.8) is 0 Å². The fraction of sp³-hybridized carbons (Fsp3) is 0.276. The maximum atomic E-state index is 10.6. The van der Waals surface area contributed by atoms with Crippen molar-refractivity contribution in [2.24, 2.45) is 0 Å². The Hall–Kier alpha value is -4.59. The van der Waals surface area contributed by atoms with E-state index in [1.54, 1.807) is 34.2 Å². The number of rotatable bonds is 6. The topological polar surface area (TPSA) is 170 Å². The number of aromatic carboxylic acids is 1. The van der Waals surface area contributed by atoms with Gasteiger partial charge in [-0.2, -0.15) is 14.8 Å². The Morgan fingerprint density at radius 3 is 2.55 bits per heavy atom. The number of anilines is 4. The lowest BCUT2D eigenvalue weighted by Crippen LogP contribution is -2.35. The van der Waals surface area contributed by atoms with Gasteiger partial charge in [0.2, 0.25) is 5.95 Å². The van der Waals surface area contributed by atoms with Gasteiger partial charge in [-0.05, 0) is 56.7 Å². The molecule has 218 valence electrons. The third-order valence-electron chi connectivity index (χ3n) is 6.59. The molecule has 13 heteroatoms. The lowest BCUT2D eigenvalue weighted by Gasteiger charge is -2.25. The molecule has 2 aromatic carbocycles. The first kappa shape index (κ1) is 28.9. The lowest BCUT2D eigenvalue weighted by atomic mass is 10.2. The van der Waals surface area contributed by atoms with E-state index in [-0.39, 0.29) is 11.5 Å². The minimum absolute atomic E-state index is 0.219.